The Kier molecular flexibility index (Phi) is 4.76. The summed E-state index contributed by atoms with van der Waals surface area (Å²) in [4.78, 5) is 8.84. The second-order valence-corrected chi connectivity index (χ2v) is 10.3. The first kappa shape index (κ1) is 19.6. The average Bonchev–Trinajstić information content (AvgIpc) is 3.37. The van der Waals surface area contributed by atoms with E-state index in [9.17, 15) is 4.39 Å². The van der Waals surface area contributed by atoms with Crippen molar-refractivity contribution < 1.29 is 4.39 Å². The highest BCUT2D eigenvalue weighted by molar-refractivity contribution is 5.63. The predicted molar refractivity (Wildman–Crippen MR) is 117 cm³/mol. The van der Waals surface area contributed by atoms with Gasteiger partial charge < -0.3 is 16.4 Å². The normalized spacial score (nSPS) is 31.2. The summed E-state index contributed by atoms with van der Waals surface area (Å²) in [5.74, 6) is 0.151. The van der Waals surface area contributed by atoms with Crippen molar-refractivity contribution in [1.82, 2.24) is 25.1 Å². The lowest BCUT2D eigenvalue weighted by Crippen LogP contribution is -2.52. The lowest BCUT2D eigenvalue weighted by Gasteiger charge is -2.38. The van der Waals surface area contributed by atoms with Crippen LogP contribution in [0.2, 0.25) is 0 Å². The maximum atomic E-state index is 14.7. The molecule has 4 aliphatic rings. The van der Waals surface area contributed by atoms with Gasteiger partial charge in [0.05, 0.1) is 12.4 Å². The summed E-state index contributed by atoms with van der Waals surface area (Å²) in [5, 5.41) is 11.7. The molecule has 3 aliphatic carbocycles. The number of nitrogens with two attached hydrogens (primary N) is 1. The van der Waals surface area contributed by atoms with Gasteiger partial charge in [0.15, 0.2) is 5.82 Å². The molecular weight excluding hydrogens is 393 g/mol. The number of halogens is 1. The van der Waals surface area contributed by atoms with Crippen LogP contribution in [0.4, 0.5) is 10.3 Å². The fraction of sp³-hybridized carbons (Fsp3) is 0.696. The Morgan fingerprint density at radius 1 is 1.03 bits per heavy atom. The minimum atomic E-state index is -0.372. The third-order valence-electron chi connectivity index (χ3n) is 8.01. The van der Waals surface area contributed by atoms with E-state index in [1.807, 2.05) is 4.68 Å². The van der Waals surface area contributed by atoms with Gasteiger partial charge in [0.25, 0.3) is 0 Å². The molecule has 3 heterocycles. The van der Waals surface area contributed by atoms with Crippen LogP contribution >= 0.6 is 0 Å². The van der Waals surface area contributed by atoms with E-state index in [1.165, 1.54) is 25.5 Å². The van der Waals surface area contributed by atoms with Crippen LogP contribution < -0.4 is 16.4 Å². The smallest absolute Gasteiger partial charge is 0.223 e. The number of anilines is 1. The molecule has 1 spiro atoms. The zero-order valence-electron chi connectivity index (χ0n) is 18.0. The third-order valence-corrected chi connectivity index (χ3v) is 8.01. The molecule has 0 radical (unpaired) electrons. The van der Waals surface area contributed by atoms with E-state index in [0.717, 1.165) is 62.7 Å². The summed E-state index contributed by atoms with van der Waals surface area (Å²) in [5.41, 5.74) is 8.69. The number of aryl methyl sites for hydroxylation is 1. The fourth-order valence-corrected chi connectivity index (χ4v) is 5.72. The van der Waals surface area contributed by atoms with Gasteiger partial charge in [0, 0.05) is 42.0 Å². The van der Waals surface area contributed by atoms with Gasteiger partial charge in [-0.15, -0.1) is 0 Å². The van der Waals surface area contributed by atoms with Gasteiger partial charge in [-0.1, -0.05) is 0 Å². The first-order chi connectivity index (χ1) is 15.1. The average molecular weight is 426 g/mol. The summed E-state index contributed by atoms with van der Waals surface area (Å²) in [6, 6.07) is 1.89. The zero-order chi connectivity index (χ0) is 21.0. The van der Waals surface area contributed by atoms with E-state index in [2.05, 4.69) is 25.7 Å². The number of aromatic nitrogens is 4. The van der Waals surface area contributed by atoms with Crippen molar-refractivity contribution >= 4 is 5.95 Å². The molecule has 2 aromatic rings. The van der Waals surface area contributed by atoms with Gasteiger partial charge >= 0.3 is 0 Å². The second kappa shape index (κ2) is 7.52. The summed E-state index contributed by atoms with van der Waals surface area (Å²) < 4.78 is 16.8. The first-order valence-electron chi connectivity index (χ1n) is 11.9. The molecule has 2 aromatic heterocycles. The Morgan fingerprint density at radius 2 is 1.81 bits per heavy atom. The van der Waals surface area contributed by atoms with Crippen LogP contribution in [-0.4, -0.2) is 43.9 Å². The molecular formula is C23H32FN7. The van der Waals surface area contributed by atoms with Gasteiger partial charge in [0.2, 0.25) is 5.95 Å². The van der Waals surface area contributed by atoms with Crippen molar-refractivity contribution in [1.29, 1.82) is 0 Å². The highest BCUT2D eigenvalue weighted by atomic mass is 19.1. The lowest BCUT2D eigenvalue weighted by molar-refractivity contribution is 0.236. The number of fused-ring (bicyclic) bond motifs is 1. The van der Waals surface area contributed by atoms with Crippen LogP contribution in [0.25, 0.3) is 11.3 Å². The number of rotatable bonds is 5. The standard InChI is InChI=1S/C23H32FN7/c24-19-13-26-22(29-16-3-1-15(2-4-16)28-17-9-14(25)10-17)30-21(19)18-12-27-31-8-7-23(5-6-23)11-20(18)31/h12-17,28H,1-11,25H2,(H,26,29,30)/t14?,15-,16-,17?. The molecule has 0 bridgehead atoms. The molecule has 0 amide bonds. The molecule has 3 saturated carbocycles. The zero-order valence-corrected chi connectivity index (χ0v) is 18.0. The molecule has 8 heteroatoms. The van der Waals surface area contributed by atoms with E-state index in [0.29, 0.717) is 41.2 Å². The summed E-state index contributed by atoms with van der Waals surface area (Å²) in [6.07, 6.45) is 14.4. The topological polar surface area (TPSA) is 93.7 Å². The monoisotopic (exact) mass is 425 g/mol. The van der Waals surface area contributed by atoms with E-state index in [-0.39, 0.29) is 5.82 Å². The molecule has 3 fully saturated rings. The summed E-state index contributed by atoms with van der Waals surface area (Å²) >= 11 is 0. The summed E-state index contributed by atoms with van der Waals surface area (Å²) in [7, 11) is 0. The van der Waals surface area contributed by atoms with Crippen LogP contribution in [0.15, 0.2) is 12.4 Å². The van der Waals surface area contributed by atoms with E-state index < -0.39 is 0 Å². The fourth-order valence-electron chi connectivity index (χ4n) is 5.72. The van der Waals surface area contributed by atoms with Gasteiger partial charge in [0.1, 0.15) is 5.69 Å². The van der Waals surface area contributed by atoms with Gasteiger partial charge in [-0.2, -0.15) is 5.10 Å². The Bertz CT molecular complexity index is 955. The Hall–Kier alpha value is -2.06. The molecule has 7 nitrogen and oxygen atoms in total. The number of nitrogens with one attached hydrogen (secondary N) is 2. The van der Waals surface area contributed by atoms with E-state index in [4.69, 9.17) is 5.73 Å². The van der Waals surface area contributed by atoms with E-state index >= 15 is 0 Å². The first-order valence-corrected chi connectivity index (χ1v) is 11.9. The van der Waals surface area contributed by atoms with Gasteiger partial charge in [-0.3, -0.25) is 4.68 Å². The Balaban J connectivity index is 1.12. The van der Waals surface area contributed by atoms with Crippen molar-refractivity contribution in [2.45, 2.75) is 94.9 Å². The maximum Gasteiger partial charge on any atom is 0.223 e. The number of hydrogen-bond acceptors (Lipinski definition) is 6. The highest BCUT2D eigenvalue weighted by Crippen LogP contribution is 2.54. The molecule has 0 atom stereocenters. The van der Waals surface area contributed by atoms with Crippen molar-refractivity contribution in [3.63, 3.8) is 0 Å². The SMILES string of the molecule is NC1CC(N[C@H]2CC[C@H](Nc3ncc(F)c(-c4cnn5c4CC4(CC5)CC4)n3)CC2)C1. The maximum absolute atomic E-state index is 14.7. The van der Waals surface area contributed by atoms with Crippen LogP contribution in [0, 0.1) is 11.2 Å². The molecule has 4 N–H and O–H groups in total. The van der Waals surface area contributed by atoms with Crippen LogP contribution in [-0.2, 0) is 13.0 Å². The van der Waals surface area contributed by atoms with Crippen molar-refractivity contribution in [3.8, 4) is 11.3 Å². The Morgan fingerprint density at radius 3 is 2.55 bits per heavy atom. The van der Waals surface area contributed by atoms with Crippen LogP contribution in [0.5, 0.6) is 0 Å². The Labute approximate surface area is 182 Å². The highest BCUT2D eigenvalue weighted by Gasteiger charge is 2.46. The number of nitrogens with zero attached hydrogens (tertiary/aromatic N) is 4. The summed E-state index contributed by atoms with van der Waals surface area (Å²) in [6.45, 7) is 0.928. The van der Waals surface area contributed by atoms with E-state index in [1.54, 1.807) is 6.20 Å². The van der Waals surface area contributed by atoms with Crippen molar-refractivity contribution in [3.05, 3.63) is 23.9 Å². The molecule has 1 aliphatic heterocycles. The van der Waals surface area contributed by atoms with Crippen LogP contribution in [0.1, 0.15) is 63.5 Å². The molecule has 0 aromatic carbocycles. The van der Waals surface area contributed by atoms with Crippen molar-refractivity contribution in [2.24, 2.45) is 11.1 Å². The lowest BCUT2D eigenvalue weighted by atomic mass is 9.84. The largest absolute Gasteiger partial charge is 0.351 e. The molecule has 166 valence electrons. The number of hydrogen-bond donors (Lipinski definition) is 3. The molecule has 6 rings (SSSR count). The van der Waals surface area contributed by atoms with Gasteiger partial charge in [-0.05, 0) is 69.6 Å². The molecule has 0 saturated heterocycles. The minimum absolute atomic E-state index is 0.329. The van der Waals surface area contributed by atoms with Crippen molar-refractivity contribution in [2.75, 3.05) is 5.32 Å². The molecule has 31 heavy (non-hydrogen) atoms. The quantitative estimate of drug-likeness (QED) is 0.682. The van der Waals surface area contributed by atoms with Crippen LogP contribution in [0.3, 0.4) is 0 Å². The predicted octanol–water partition coefficient (Wildman–Crippen LogP) is 3.01. The third kappa shape index (κ3) is 3.84. The van der Waals surface area contributed by atoms with Gasteiger partial charge in [-0.25, -0.2) is 14.4 Å². The minimum Gasteiger partial charge on any atom is -0.351 e. The molecule has 0 unspecified atom stereocenters. The second-order valence-electron chi connectivity index (χ2n) is 10.3.